The summed E-state index contributed by atoms with van der Waals surface area (Å²) in [6.07, 6.45) is 5.18. The molecular formula is C13H11N5O. The predicted molar refractivity (Wildman–Crippen MR) is 67.5 cm³/mol. The van der Waals surface area contributed by atoms with Gasteiger partial charge in [0.1, 0.15) is 11.8 Å². The Bertz CT molecular complexity index is 653. The van der Waals surface area contributed by atoms with Crippen LogP contribution in [0.4, 0.5) is 0 Å². The van der Waals surface area contributed by atoms with E-state index < -0.39 is 6.10 Å². The SMILES string of the molecule is OC(c1cnccn1)c1cnn(-c2ccccc2)n1. The van der Waals surface area contributed by atoms with Crippen LogP contribution < -0.4 is 0 Å². The zero-order chi connectivity index (χ0) is 13.1. The van der Waals surface area contributed by atoms with Gasteiger partial charge in [0.15, 0.2) is 0 Å². The van der Waals surface area contributed by atoms with Crippen molar-refractivity contribution in [2.45, 2.75) is 6.10 Å². The Kier molecular flexibility index (Phi) is 2.99. The van der Waals surface area contributed by atoms with Crippen LogP contribution in [-0.2, 0) is 0 Å². The van der Waals surface area contributed by atoms with Gasteiger partial charge >= 0.3 is 0 Å². The highest BCUT2D eigenvalue weighted by molar-refractivity contribution is 5.28. The number of benzene rings is 1. The fraction of sp³-hybridized carbons (Fsp3) is 0.0769. The number of aliphatic hydroxyl groups is 1. The van der Waals surface area contributed by atoms with Crippen molar-refractivity contribution in [3.63, 3.8) is 0 Å². The molecule has 6 nitrogen and oxygen atoms in total. The largest absolute Gasteiger partial charge is 0.380 e. The number of nitrogens with zero attached hydrogens (tertiary/aromatic N) is 5. The number of hydrogen-bond acceptors (Lipinski definition) is 5. The molecule has 1 unspecified atom stereocenters. The minimum Gasteiger partial charge on any atom is -0.380 e. The first-order valence-corrected chi connectivity index (χ1v) is 5.76. The Hall–Kier alpha value is -2.60. The number of aromatic nitrogens is 5. The van der Waals surface area contributed by atoms with Crippen molar-refractivity contribution in [2.75, 3.05) is 0 Å². The third kappa shape index (κ3) is 2.34. The first kappa shape index (κ1) is 11.5. The van der Waals surface area contributed by atoms with Crippen LogP contribution in [-0.4, -0.2) is 30.1 Å². The van der Waals surface area contributed by atoms with E-state index in [9.17, 15) is 5.11 Å². The van der Waals surface area contributed by atoms with Gasteiger partial charge in [-0.3, -0.25) is 9.97 Å². The number of aliphatic hydroxyl groups excluding tert-OH is 1. The third-order valence-corrected chi connectivity index (χ3v) is 2.64. The van der Waals surface area contributed by atoms with Gasteiger partial charge in [0.25, 0.3) is 0 Å². The topological polar surface area (TPSA) is 76.7 Å². The van der Waals surface area contributed by atoms with E-state index in [2.05, 4.69) is 20.2 Å². The fourth-order valence-electron chi connectivity index (χ4n) is 1.69. The van der Waals surface area contributed by atoms with Gasteiger partial charge in [-0.1, -0.05) is 18.2 Å². The molecule has 3 rings (SSSR count). The molecule has 94 valence electrons. The smallest absolute Gasteiger partial charge is 0.143 e. The molecular weight excluding hydrogens is 242 g/mol. The maximum absolute atomic E-state index is 10.1. The van der Waals surface area contributed by atoms with E-state index in [1.54, 1.807) is 6.20 Å². The number of para-hydroxylation sites is 1. The maximum Gasteiger partial charge on any atom is 0.143 e. The Morgan fingerprint density at radius 3 is 2.58 bits per heavy atom. The minimum atomic E-state index is -0.925. The van der Waals surface area contributed by atoms with Gasteiger partial charge in [0, 0.05) is 12.4 Å². The van der Waals surface area contributed by atoms with E-state index >= 15 is 0 Å². The molecule has 0 saturated heterocycles. The molecule has 19 heavy (non-hydrogen) atoms. The second-order valence-electron chi connectivity index (χ2n) is 3.93. The van der Waals surface area contributed by atoms with Gasteiger partial charge in [-0.05, 0) is 12.1 Å². The van der Waals surface area contributed by atoms with Crippen LogP contribution in [0.5, 0.6) is 0 Å². The number of hydrogen-bond donors (Lipinski definition) is 1. The number of rotatable bonds is 3. The minimum absolute atomic E-state index is 0.435. The molecule has 1 N–H and O–H groups in total. The Labute approximate surface area is 109 Å². The van der Waals surface area contributed by atoms with Crippen LogP contribution in [0.2, 0.25) is 0 Å². The van der Waals surface area contributed by atoms with Crippen molar-refractivity contribution >= 4 is 0 Å². The lowest BCUT2D eigenvalue weighted by Crippen LogP contribution is -2.05. The molecule has 3 aromatic rings. The highest BCUT2D eigenvalue weighted by Gasteiger charge is 2.16. The van der Waals surface area contributed by atoms with Crippen LogP contribution >= 0.6 is 0 Å². The molecule has 0 amide bonds. The summed E-state index contributed by atoms with van der Waals surface area (Å²) in [4.78, 5) is 9.43. The summed E-state index contributed by atoms with van der Waals surface area (Å²) < 4.78 is 0. The summed E-state index contributed by atoms with van der Waals surface area (Å²) in [6.45, 7) is 0. The van der Waals surface area contributed by atoms with Crippen LogP contribution in [0.1, 0.15) is 17.5 Å². The normalized spacial score (nSPS) is 12.3. The maximum atomic E-state index is 10.1. The first-order valence-electron chi connectivity index (χ1n) is 5.76. The molecule has 0 aliphatic rings. The lowest BCUT2D eigenvalue weighted by atomic mass is 10.2. The van der Waals surface area contributed by atoms with Gasteiger partial charge in [0.2, 0.25) is 0 Å². The summed E-state index contributed by atoms with van der Waals surface area (Å²) in [7, 11) is 0. The highest BCUT2D eigenvalue weighted by Crippen LogP contribution is 2.17. The summed E-state index contributed by atoms with van der Waals surface area (Å²) in [6, 6.07) is 9.49. The summed E-state index contributed by atoms with van der Waals surface area (Å²) in [5.74, 6) is 0. The molecule has 0 saturated carbocycles. The van der Waals surface area contributed by atoms with E-state index in [1.807, 2.05) is 30.3 Å². The zero-order valence-electron chi connectivity index (χ0n) is 9.96. The molecule has 0 radical (unpaired) electrons. The van der Waals surface area contributed by atoms with Gasteiger partial charge in [-0.2, -0.15) is 15.0 Å². The lowest BCUT2D eigenvalue weighted by molar-refractivity contribution is 0.209. The molecule has 0 bridgehead atoms. The van der Waals surface area contributed by atoms with Crippen molar-refractivity contribution in [3.05, 3.63) is 66.5 Å². The quantitative estimate of drug-likeness (QED) is 0.757. The molecule has 0 fully saturated rings. The molecule has 6 heteroatoms. The van der Waals surface area contributed by atoms with E-state index in [1.165, 1.54) is 23.4 Å². The van der Waals surface area contributed by atoms with Crippen molar-refractivity contribution in [2.24, 2.45) is 0 Å². The molecule has 1 atom stereocenters. The highest BCUT2D eigenvalue weighted by atomic mass is 16.3. The van der Waals surface area contributed by atoms with Crippen molar-refractivity contribution < 1.29 is 5.11 Å². The Morgan fingerprint density at radius 1 is 1.00 bits per heavy atom. The predicted octanol–water partition coefficient (Wildman–Crippen LogP) is 1.14. The monoisotopic (exact) mass is 253 g/mol. The molecule has 0 spiro atoms. The van der Waals surface area contributed by atoms with Gasteiger partial charge in [0.05, 0.1) is 23.8 Å². The average molecular weight is 253 g/mol. The molecule has 1 aromatic carbocycles. The second-order valence-corrected chi connectivity index (χ2v) is 3.93. The zero-order valence-corrected chi connectivity index (χ0v) is 9.96. The lowest BCUT2D eigenvalue weighted by Gasteiger charge is -2.04. The molecule has 2 heterocycles. The fourth-order valence-corrected chi connectivity index (χ4v) is 1.69. The molecule has 2 aromatic heterocycles. The van der Waals surface area contributed by atoms with Crippen LogP contribution in [0.25, 0.3) is 5.69 Å². The summed E-state index contributed by atoms with van der Waals surface area (Å²) in [5.41, 5.74) is 1.71. The van der Waals surface area contributed by atoms with Crippen LogP contribution in [0, 0.1) is 0 Å². The van der Waals surface area contributed by atoms with Crippen molar-refractivity contribution in [1.29, 1.82) is 0 Å². The van der Waals surface area contributed by atoms with Gasteiger partial charge in [-0.25, -0.2) is 0 Å². The third-order valence-electron chi connectivity index (χ3n) is 2.64. The Morgan fingerprint density at radius 2 is 1.84 bits per heavy atom. The van der Waals surface area contributed by atoms with E-state index in [0.29, 0.717) is 11.4 Å². The van der Waals surface area contributed by atoms with Crippen molar-refractivity contribution in [3.8, 4) is 5.69 Å². The van der Waals surface area contributed by atoms with Gasteiger partial charge in [-0.15, -0.1) is 0 Å². The molecule has 0 aliphatic heterocycles. The van der Waals surface area contributed by atoms with Crippen LogP contribution in [0.3, 0.4) is 0 Å². The Balaban J connectivity index is 1.90. The second kappa shape index (κ2) is 4.95. The first-order chi connectivity index (χ1) is 9.34. The van der Waals surface area contributed by atoms with Gasteiger partial charge < -0.3 is 5.11 Å². The molecule has 0 aliphatic carbocycles. The van der Waals surface area contributed by atoms with E-state index in [4.69, 9.17) is 0 Å². The summed E-state index contributed by atoms with van der Waals surface area (Å²) >= 11 is 0. The van der Waals surface area contributed by atoms with E-state index in [0.717, 1.165) is 5.69 Å². The standard InChI is InChI=1S/C13H11N5O/c19-13(11-8-14-6-7-15-11)12-9-16-18(17-12)10-4-2-1-3-5-10/h1-9,13,19H. The summed E-state index contributed by atoms with van der Waals surface area (Å²) in [5, 5.41) is 18.5. The van der Waals surface area contributed by atoms with E-state index in [-0.39, 0.29) is 0 Å². The van der Waals surface area contributed by atoms with Crippen LogP contribution in [0.15, 0.2) is 55.1 Å². The average Bonchev–Trinajstić information content (AvgIpc) is 2.98. The van der Waals surface area contributed by atoms with Crippen molar-refractivity contribution in [1.82, 2.24) is 25.0 Å².